The van der Waals surface area contributed by atoms with Crippen LogP contribution in [-0.4, -0.2) is 35.2 Å². The average molecular weight is 305 g/mol. The van der Waals surface area contributed by atoms with Gasteiger partial charge in [0.15, 0.2) is 0 Å². The molecule has 0 saturated heterocycles. The van der Waals surface area contributed by atoms with Crippen LogP contribution in [0.4, 0.5) is 0 Å². The van der Waals surface area contributed by atoms with Crippen LogP contribution in [0.1, 0.15) is 11.3 Å². The minimum Gasteiger partial charge on any atom is -0.252 e. The fraction of sp³-hybridized carbons (Fsp3) is 0.188. The van der Waals surface area contributed by atoms with Gasteiger partial charge in [0.1, 0.15) is 12.0 Å². The first kappa shape index (κ1) is 13.6. The summed E-state index contributed by atoms with van der Waals surface area (Å²) in [4.78, 5) is 0. The fourth-order valence-corrected chi connectivity index (χ4v) is 2.68. The Morgan fingerprint density at radius 1 is 0.913 bits per heavy atom. The van der Waals surface area contributed by atoms with Gasteiger partial charge in [-0.15, -0.1) is 10.2 Å². The van der Waals surface area contributed by atoms with Crippen LogP contribution < -0.4 is 0 Å². The van der Waals surface area contributed by atoms with Crippen molar-refractivity contribution in [2.75, 3.05) is 0 Å². The van der Waals surface area contributed by atoms with Gasteiger partial charge in [0.2, 0.25) is 0 Å². The van der Waals surface area contributed by atoms with E-state index in [0.29, 0.717) is 6.54 Å². The zero-order valence-corrected chi connectivity index (χ0v) is 12.4. The topological polar surface area (TPSA) is 74.3 Å². The van der Waals surface area contributed by atoms with Gasteiger partial charge in [-0.25, -0.2) is 4.68 Å². The third-order valence-electron chi connectivity index (χ3n) is 3.79. The van der Waals surface area contributed by atoms with Crippen LogP contribution in [0.2, 0.25) is 0 Å². The van der Waals surface area contributed by atoms with Crippen LogP contribution >= 0.6 is 0 Å². The second-order valence-electron chi connectivity index (χ2n) is 5.37. The van der Waals surface area contributed by atoms with Gasteiger partial charge < -0.3 is 0 Å². The maximum atomic E-state index is 4.18. The number of fused-ring (bicyclic) bond motifs is 1. The summed E-state index contributed by atoms with van der Waals surface area (Å²) in [5, 5.41) is 21.9. The predicted molar refractivity (Wildman–Crippen MR) is 84.6 cm³/mol. The van der Waals surface area contributed by atoms with E-state index in [9.17, 15) is 0 Å². The van der Waals surface area contributed by atoms with E-state index in [0.717, 1.165) is 18.7 Å². The summed E-state index contributed by atoms with van der Waals surface area (Å²) >= 11 is 0. The number of hydrogen-bond donors (Lipinski definition) is 0. The molecule has 0 spiro atoms. The number of benzene rings is 2. The molecule has 0 atom stereocenters. The van der Waals surface area contributed by atoms with E-state index in [1.165, 1.54) is 16.3 Å². The number of nitrogens with zero attached hydrogens (tertiary/aromatic N) is 7. The lowest BCUT2D eigenvalue weighted by molar-refractivity contribution is 0.590. The Hall–Kier alpha value is -3.09. The molecule has 7 heteroatoms. The normalized spacial score (nSPS) is 11.1. The number of aromatic nitrogens is 7. The summed E-state index contributed by atoms with van der Waals surface area (Å²) in [5.41, 5.74) is 2.16. The molecular formula is C16H15N7. The smallest absolute Gasteiger partial charge is 0.138 e. The van der Waals surface area contributed by atoms with Gasteiger partial charge in [-0.2, -0.15) is 0 Å². The third kappa shape index (κ3) is 2.94. The third-order valence-corrected chi connectivity index (χ3v) is 3.79. The largest absolute Gasteiger partial charge is 0.252 e. The van der Waals surface area contributed by atoms with Crippen molar-refractivity contribution in [3.63, 3.8) is 0 Å². The number of hydrogen-bond acceptors (Lipinski definition) is 5. The lowest BCUT2D eigenvalue weighted by Crippen LogP contribution is -2.03. The van der Waals surface area contributed by atoms with Gasteiger partial charge in [0, 0.05) is 6.54 Å². The van der Waals surface area contributed by atoms with Crippen molar-refractivity contribution < 1.29 is 0 Å². The van der Waals surface area contributed by atoms with E-state index in [1.807, 2.05) is 10.9 Å². The summed E-state index contributed by atoms with van der Waals surface area (Å²) in [7, 11) is 0. The maximum absolute atomic E-state index is 4.18. The highest BCUT2D eigenvalue weighted by Crippen LogP contribution is 2.19. The molecule has 23 heavy (non-hydrogen) atoms. The van der Waals surface area contributed by atoms with Crippen LogP contribution in [0, 0.1) is 0 Å². The molecule has 2 aromatic heterocycles. The van der Waals surface area contributed by atoms with Gasteiger partial charge in [0.25, 0.3) is 0 Å². The molecule has 0 N–H and O–H groups in total. The van der Waals surface area contributed by atoms with Crippen LogP contribution in [0.15, 0.2) is 55.0 Å². The molecule has 0 aliphatic heterocycles. The zero-order valence-electron chi connectivity index (χ0n) is 12.4. The Morgan fingerprint density at radius 2 is 1.83 bits per heavy atom. The Morgan fingerprint density at radius 3 is 2.74 bits per heavy atom. The molecule has 2 aromatic carbocycles. The molecule has 0 aliphatic carbocycles. The fourth-order valence-electron chi connectivity index (χ4n) is 2.68. The number of aryl methyl sites for hydroxylation is 2. The molecular weight excluding hydrogens is 290 g/mol. The molecule has 114 valence electrons. The number of tetrazole rings is 1. The minimum absolute atomic E-state index is 0.529. The van der Waals surface area contributed by atoms with Crippen molar-refractivity contribution in [3.8, 4) is 0 Å². The highest BCUT2D eigenvalue weighted by molar-refractivity contribution is 5.85. The van der Waals surface area contributed by atoms with E-state index < -0.39 is 0 Å². The Kier molecular flexibility index (Phi) is 3.51. The van der Waals surface area contributed by atoms with E-state index in [1.54, 1.807) is 11.0 Å². The highest BCUT2D eigenvalue weighted by atomic mass is 15.5. The van der Waals surface area contributed by atoms with Gasteiger partial charge in [-0.1, -0.05) is 47.7 Å². The molecule has 2 heterocycles. The van der Waals surface area contributed by atoms with E-state index in [4.69, 9.17) is 0 Å². The molecule has 0 fully saturated rings. The molecule has 4 aromatic rings. The van der Waals surface area contributed by atoms with Crippen molar-refractivity contribution >= 4 is 10.8 Å². The molecule has 0 bridgehead atoms. The van der Waals surface area contributed by atoms with Crippen molar-refractivity contribution in [1.82, 2.24) is 35.2 Å². The van der Waals surface area contributed by atoms with Gasteiger partial charge in [0.05, 0.1) is 12.7 Å². The first-order valence-electron chi connectivity index (χ1n) is 7.45. The monoisotopic (exact) mass is 305 g/mol. The van der Waals surface area contributed by atoms with Crippen molar-refractivity contribution in [3.05, 3.63) is 66.2 Å². The van der Waals surface area contributed by atoms with Gasteiger partial charge in [-0.3, -0.25) is 4.68 Å². The zero-order chi connectivity index (χ0) is 15.5. The SMILES string of the molecule is c1ccc2c(CCn3cc(Cn4cnnn4)nn3)cccc2c1. The minimum atomic E-state index is 0.529. The van der Waals surface area contributed by atoms with Crippen LogP contribution in [0.25, 0.3) is 10.8 Å². The summed E-state index contributed by atoms with van der Waals surface area (Å²) in [6.45, 7) is 1.32. The Labute approximate surface area is 132 Å². The molecule has 0 radical (unpaired) electrons. The molecule has 4 rings (SSSR count). The van der Waals surface area contributed by atoms with Gasteiger partial charge in [-0.05, 0) is 33.2 Å². The van der Waals surface area contributed by atoms with Crippen LogP contribution in [0.5, 0.6) is 0 Å². The highest BCUT2D eigenvalue weighted by Gasteiger charge is 2.05. The van der Waals surface area contributed by atoms with Crippen molar-refractivity contribution in [2.45, 2.75) is 19.5 Å². The van der Waals surface area contributed by atoms with Crippen LogP contribution in [-0.2, 0) is 19.5 Å². The standard InChI is InChI=1S/C16H15N7/c1-2-7-16-13(4-1)5-3-6-14(16)8-9-22-10-15(18-20-22)11-23-12-17-19-21-23/h1-7,10,12H,8-9,11H2. The van der Waals surface area contributed by atoms with Crippen molar-refractivity contribution in [1.29, 1.82) is 0 Å². The van der Waals surface area contributed by atoms with Gasteiger partial charge >= 0.3 is 0 Å². The van der Waals surface area contributed by atoms with E-state index in [-0.39, 0.29) is 0 Å². The first-order valence-corrected chi connectivity index (χ1v) is 7.45. The average Bonchev–Trinajstić information content (AvgIpc) is 3.25. The molecule has 0 unspecified atom stereocenters. The Balaban J connectivity index is 1.47. The summed E-state index contributed by atoms with van der Waals surface area (Å²) in [5.74, 6) is 0. The van der Waals surface area contributed by atoms with E-state index >= 15 is 0 Å². The quantitative estimate of drug-likeness (QED) is 0.561. The van der Waals surface area contributed by atoms with Crippen molar-refractivity contribution in [2.24, 2.45) is 0 Å². The summed E-state index contributed by atoms with van der Waals surface area (Å²) in [6, 6.07) is 14.8. The molecule has 0 amide bonds. The second-order valence-corrected chi connectivity index (χ2v) is 5.37. The number of rotatable bonds is 5. The summed E-state index contributed by atoms with van der Waals surface area (Å²) < 4.78 is 3.49. The predicted octanol–water partition coefficient (Wildman–Crippen LogP) is 1.71. The Bertz CT molecular complexity index is 906. The lowest BCUT2D eigenvalue weighted by Gasteiger charge is -2.06. The molecule has 7 nitrogen and oxygen atoms in total. The van der Waals surface area contributed by atoms with Crippen LogP contribution in [0.3, 0.4) is 0 Å². The lowest BCUT2D eigenvalue weighted by atomic mass is 10.0. The second kappa shape index (κ2) is 5.96. The maximum Gasteiger partial charge on any atom is 0.138 e. The summed E-state index contributed by atoms with van der Waals surface area (Å²) in [6.07, 6.45) is 4.41. The van der Waals surface area contributed by atoms with E-state index in [2.05, 4.69) is 68.3 Å². The molecule has 0 saturated carbocycles. The first-order chi connectivity index (χ1) is 11.4. The molecule has 0 aliphatic rings.